The summed E-state index contributed by atoms with van der Waals surface area (Å²) in [5.41, 5.74) is 5.67. The van der Waals surface area contributed by atoms with Gasteiger partial charge in [0.05, 0.1) is 7.11 Å². The SMILES string of the molecule is COC(=O)c1nc(C)n(CCC(=O)NC(C)(C)C)c1N. The number of carbonyl (C=O) groups excluding carboxylic acids is 2. The van der Waals surface area contributed by atoms with Gasteiger partial charge >= 0.3 is 5.97 Å². The molecule has 0 spiro atoms. The Morgan fingerprint density at radius 1 is 1.40 bits per heavy atom. The smallest absolute Gasteiger partial charge is 0.360 e. The van der Waals surface area contributed by atoms with Crippen LogP contribution in [0.4, 0.5) is 5.82 Å². The number of aromatic nitrogens is 2. The largest absolute Gasteiger partial charge is 0.464 e. The fourth-order valence-corrected chi connectivity index (χ4v) is 1.80. The van der Waals surface area contributed by atoms with Crippen LogP contribution >= 0.6 is 0 Å². The van der Waals surface area contributed by atoms with Gasteiger partial charge < -0.3 is 20.4 Å². The zero-order chi connectivity index (χ0) is 15.5. The van der Waals surface area contributed by atoms with E-state index in [1.54, 1.807) is 11.5 Å². The lowest BCUT2D eigenvalue weighted by molar-refractivity contribution is -0.122. The summed E-state index contributed by atoms with van der Waals surface area (Å²) in [6.07, 6.45) is 0.263. The summed E-state index contributed by atoms with van der Waals surface area (Å²) < 4.78 is 6.24. The Morgan fingerprint density at radius 2 is 2.00 bits per heavy atom. The summed E-state index contributed by atoms with van der Waals surface area (Å²) in [5.74, 6) is 0.137. The number of nitrogen functional groups attached to an aromatic ring is 1. The summed E-state index contributed by atoms with van der Waals surface area (Å²) in [5, 5.41) is 2.86. The summed E-state index contributed by atoms with van der Waals surface area (Å²) in [4.78, 5) is 27.3. The second-order valence-electron chi connectivity index (χ2n) is 5.58. The molecule has 0 aliphatic carbocycles. The molecule has 1 amide bonds. The van der Waals surface area contributed by atoms with E-state index in [9.17, 15) is 9.59 Å². The van der Waals surface area contributed by atoms with E-state index in [0.717, 1.165) is 0 Å². The first-order valence-corrected chi connectivity index (χ1v) is 6.37. The van der Waals surface area contributed by atoms with Crippen molar-refractivity contribution in [3.63, 3.8) is 0 Å². The molecule has 7 heteroatoms. The molecule has 0 aromatic carbocycles. The minimum atomic E-state index is -0.580. The molecule has 3 N–H and O–H groups in total. The van der Waals surface area contributed by atoms with Crippen LogP contribution in [0.5, 0.6) is 0 Å². The second kappa shape index (κ2) is 5.94. The number of aryl methyl sites for hydroxylation is 1. The van der Waals surface area contributed by atoms with Crippen molar-refractivity contribution in [1.82, 2.24) is 14.9 Å². The number of ether oxygens (including phenoxy) is 1. The minimum absolute atomic E-state index is 0.0791. The van der Waals surface area contributed by atoms with E-state index in [4.69, 9.17) is 5.73 Å². The molecule has 0 bridgehead atoms. The lowest BCUT2D eigenvalue weighted by Crippen LogP contribution is -2.40. The fraction of sp³-hybridized carbons (Fsp3) is 0.615. The Morgan fingerprint density at radius 3 is 2.50 bits per heavy atom. The number of amides is 1. The van der Waals surface area contributed by atoms with E-state index in [1.807, 2.05) is 20.8 Å². The van der Waals surface area contributed by atoms with Gasteiger partial charge in [-0.3, -0.25) is 4.79 Å². The number of rotatable bonds is 4. The third kappa shape index (κ3) is 3.97. The lowest BCUT2D eigenvalue weighted by atomic mass is 10.1. The molecule has 1 aromatic heterocycles. The quantitative estimate of drug-likeness (QED) is 0.798. The van der Waals surface area contributed by atoms with Crippen LogP contribution in [0.25, 0.3) is 0 Å². The molecule has 0 aliphatic rings. The van der Waals surface area contributed by atoms with E-state index < -0.39 is 5.97 Å². The Hall–Kier alpha value is -2.05. The summed E-state index contributed by atoms with van der Waals surface area (Å²) in [7, 11) is 1.27. The number of nitrogens with two attached hydrogens (primary N) is 1. The highest BCUT2D eigenvalue weighted by Gasteiger charge is 2.20. The van der Waals surface area contributed by atoms with Crippen LogP contribution in [0, 0.1) is 6.92 Å². The van der Waals surface area contributed by atoms with E-state index in [1.165, 1.54) is 7.11 Å². The molecule has 1 rings (SSSR count). The molecular weight excluding hydrogens is 260 g/mol. The summed E-state index contributed by atoms with van der Waals surface area (Å²) >= 11 is 0. The van der Waals surface area contributed by atoms with Gasteiger partial charge in [-0.15, -0.1) is 0 Å². The standard InChI is InChI=1S/C13H22N4O3/c1-8-15-10(12(19)20-5)11(14)17(8)7-6-9(18)16-13(2,3)4/h6-7,14H2,1-5H3,(H,16,18). The fourth-order valence-electron chi connectivity index (χ4n) is 1.80. The molecule has 0 unspecified atom stereocenters. The van der Waals surface area contributed by atoms with Crippen LogP contribution in [0.15, 0.2) is 0 Å². The van der Waals surface area contributed by atoms with E-state index in [0.29, 0.717) is 12.4 Å². The van der Waals surface area contributed by atoms with Crippen LogP contribution in [-0.4, -0.2) is 34.1 Å². The molecular formula is C13H22N4O3. The Labute approximate surface area is 118 Å². The first-order chi connectivity index (χ1) is 9.15. The van der Waals surface area contributed by atoms with Crippen LogP contribution in [0.2, 0.25) is 0 Å². The zero-order valence-electron chi connectivity index (χ0n) is 12.6. The van der Waals surface area contributed by atoms with E-state index >= 15 is 0 Å². The molecule has 7 nitrogen and oxygen atoms in total. The topological polar surface area (TPSA) is 99.2 Å². The maximum atomic E-state index is 11.8. The average molecular weight is 282 g/mol. The number of methoxy groups -OCH3 is 1. The van der Waals surface area contributed by atoms with Gasteiger partial charge in [-0.1, -0.05) is 0 Å². The highest BCUT2D eigenvalue weighted by Crippen LogP contribution is 2.15. The highest BCUT2D eigenvalue weighted by atomic mass is 16.5. The molecule has 20 heavy (non-hydrogen) atoms. The number of carbonyl (C=O) groups is 2. The number of anilines is 1. The number of hydrogen-bond donors (Lipinski definition) is 2. The zero-order valence-corrected chi connectivity index (χ0v) is 12.6. The molecule has 0 saturated carbocycles. The number of nitrogens with zero attached hydrogens (tertiary/aromatic N) is 2. The highest BCUT2D eigenvalue weighted by molar-refractivity contribution is 5.92. The van der Waals surface area contributed by atoms with Gasteiger partial charge in [0.1, 0.15) is 11.6 Å². The van der Waals surface area contributed by atoms with Gasteiger partial charge in [0.15, 0.2) is 5.69 Å². The summed E-state index contributed by atoms with van der Waals surface area (Å²) in [6.45, 7) is 7.83. The van der Waals surface area contributed by atoms with Gasteiger partial charge in [-0.2, -0.15) is 0 Å². The van der Waals surface area contributed by atoms with E-state index in [2.05, 4.69) is 15.0 Å². The first kappa shape index (κ1) is 16.0. The number of hydrogen-bond acceptors (Lipinski definition) is 5. The molecule has 0 radical (unpaired) electrons. The van der Waals surface area contributed by atoms with Crippen molar-refractivity contribution >= 4 is 17.7 Å². The molecule has 0 fully saturated rings. The van der Waals surface area contributed by atoms with E-state index in [-0.39, 0.29) is 29.4 Å². The van der Waals surface area contributed by atoms with Crippen molar-refractivity contribution in [2.45, 2.75) is 46.2 Å². The second-order valence-corrected chi connectivity index (χ2v) is 5.58. The van der Waals surface area contributed by atoms with Crippen molar-refractivity contribution in [2.75, 3.05) is 12.8 Å². The third-order valence-electron chi connectivity index (χ3n) is 2.65. The predicted molar refractivity (Wildman–Crippen MR) is 75.2 cm³/mol. The normalized spacial score (nSPS) is 11.2. The van der Waals surface area contributed by atoms with Crippen molar-refractivity contribution in [3.05, 3.63) is 11.5 Å². The van der Waals surface area contributed by atoms with Gasteiger partial charge in [0.25, 0.3) is 0 Å². The van der Waals surface area contributed by atoms with Crippen molar-refractivity contribution in [1.29, 1.82) is 0 Å². The first-order valence-electron chi connectivity index (χ1n) is 6.37. The van der Waals surface area contributed by atoms with Gasteiger partial charge in [-0.25, -0.2) is 9.78 Å². The third-order valence-corrected chi connectivity index (χ3v) is 2.65. The number of esters is 1. The molecule has 1 aromatic rings. The lowest BCUT2D eigenvalue weighted by Gasteiger charge is -2.20. The van der Waals surface area contributed by atoms with Gasteiger partial charge in [-0.05, 0) is 27.7 Å². The van der Waals surface area contributed by atoms with Crippen LogP contribution < -0.4 is 11.1 Å². The molecule has 0 saturated heterocycles. The summed E-state index contributed by atoms with van der Waals surface area (Å²) in [6, 6.07) is 0. The molecule has 0 atom stereocenters. The molecule has 112 valence electrons. The van der Waals surface area contributed by atoms with Crippen molar-refractivity contribution in [2.24, 2.45) is 0 Å². The number of nitrogens with one attached hydrogen (secondary N) is 1. The minimum Gasteiger partial charge on any atom is -0.464 e. The Bertz CT molecular complexity index is 514. The van der Waals surface area contributed by atoms with Gasteiger partial charge in [0, 0.05) is 18.5 Å². The van der Waals surface area contributed by atoms with Crippen LogP contribution in [-0.2, 0) is 16.1 Å². The number of imidazole rings is 1. The maximum Gasteiger partial charge on any atom is 0.360 e. The molecule has 0 aliphatic heterocycles. The van der Waals surface area contributed by atoms with Crippen LogP contribution in [0.3, 0.4) is 0 Å². The Kier molecular flexibility index (Phi) is 4.75. The average Bonchev–Trinajstić information content (AvgIpc) is 2.59. The molecule has 1 heterocycles. The van der Waals surface area contributed by atoms with Crippen molar-refractivity contribution < 1.29 is 14.3 Å². The van der Waals surface area contributed by atoms with Gasteiger partial charge in [0.2, 0.25) is 5.91 Å². The monoisotopic (exact) mass is 282 g/mol. The predicted octanol–water partition coefficient (Wildman–Crippen LogP) is 0.865. The van der Waals surface area contributed by atoms with Crippen molar-refractivity contribution in [3.8, 4) is 0 Å². The Balaban J connectivity index is 2.77. The maximum absolute atomic E-state index is 11.8. The van der Waals surface area contributed by atoms with Crippen LogP contribution in [0.1, 0.15) is 43.5 Å².